The second kappa shape index (κ2) is 6.53. The van der Waals surface area contributed by atoms with Gasteiger partial charge in [-0.2, -0.15) is 0 Å². The molecule has 0 unspecified atom stereocenters. The maximum atomic E-state index is 5.95. The van der Waals surface area contributed by atoms with Crippen LogP contribution in [0.25, 0.3) is 0 Å². The molecule has 0 aliphatic rings. The Morgan fingerprint density at radius 3 is 2.83 bits per heavy atom. The van der Waals surface area contributed by atoms with Crippen molar-refractivity contribution in [2.75, 3.05) is 0 Å². The van der Waals surface area contributed by atoms with E-state index in [9.17, 15) is 0 Å². The smallest absolute Gasteiger partial charge is 0.0573 e. The summed E-state index contributed by atoms with van der Waals surface area (Å²) >= 11 is 5.95. The molecular weight excluding hydrogens is 244 g/mol. The number of benzene rings is 1. The molecule has 1 aromatic heterocycles. The summed E-state index contributed by atoms with van der Waals surface area (Å²) in [6.45, 7) is 3.74. The van der Waals surface area contributed by atoms with E-state index in [1.54, 1.807) is 0 Å². The highest BCUT2D eigenvalue weighted by molar-refractivity contribution is 6.30. The predicted octanol–water partition coefficient (Wildman–Crippen LogP) is 3.59. The lowest BCUT2D eigenvalue weighted by Gasteiger charge is -2.08. The average Bonchev–Trinajstić information content (AvgIpc) is 2.39. The van der Waals surface area contributed by atoms with Crippen molar-refractivity contribution in [3.63, 3.8) is 0 Å². The van der Waals surface area contributed by atoms with Gasteiger partial charge >= 0.3 is 0 Å². The monoisotopic (exact) mass is 260 g/mol. The van der Waals surface area contributed by atoms with Gasteiger partial charge < -0.3 is 5.32 Å². The molecular formula is C15H17ClN2. The van der Waals surface area contributed by atoms with Crippen LogP contribution in [-0.4, -0.2) is 4.98 Å². The molecule has 0 saturated carbocycles. The number of halogens is 1. The Labute approximate surface area is 113 Å². The highest BCUT2D eigenvalue weighted by atomic mass is 35.5. The fourth-order valence-electron chi connectivity index (χ4n) is 1.92. The van der Waals surface area contributed by atoms with Gasteiger partial charge in [0.05, 0.1) is 5.69 Å². The summed E-state index contributed by atoms with van der Waals surface area (Å²) in [7, 11) is 0. The first-order valence-electron chi connectivity index (χ1n) is 6.17. The zero-order chi connectivity index (χ0) is 12.8. The summed E-state index contributed by atoms with van der Waals surface area (Å²) in [4.78, 5) is 4.41. The van der Waals surface area contributed by atoms with Crippen molar-refractivity contribution >= 4 is 11.6 Å². The minimum Gasteiger partial charge on any atom is -0.307 e. The van der Waals surface area contributed by atoms with Gasteiger partial charge in [0.25, 0.3) is 0 Å². The minimum atomic E-state index is 0.779. The highest BCUT2D eigenvalue weighted by Crippen LogP contribution is 2.11. The Kier molecular flexibility index (Phi) is 4.73. The Bertz CT molecular complexity index is 511. The number of aromatic nitrogens is 1. The van der Waals surface area contributed by atoms with E-state index in [-0.39, 0.29) is 0 Å². The largest absolute Gasteiger partial charge is 0.307 e. The van der Waals surface area contributed by atoms with E-state index in [0.717, 1.165) is 30.2 Å². The van der Waals surface area contributed by atoms with E-state index in [4.69, 9.17) is 11.6 Å². The molecule has 2 rings (SSSR count). The standard InChI is InChI=1S/C15H17ClN2/c1-2-13-6-4-8-18-15(13)11-17-10-12-5-3-7-14(16)9-12/h3-9,17H,2,10-11H2,1H3. The normalized spacial score (nSPS) is 10.6. The molecule has 0 bridgehead atoms. The number of hydrogen-bond acceptors (Lipinski definition) is 2. The molecule has 0 saturated heterocycles. The molecule has 3 heteroatoms. The lowest BCUT2D eigenvalue weighted by molar-refractivity contribution is 0.673. The first-order chi connectivity index (χ1) is 8.79. The van der Waals surface area contributed by atoms with Crippen molar-refractivity contribution in [3.05, 3.63) is 64.4 Å². The van der Waals surface area contributed by atoms with Crippen molar-refractivity contribution in [2.45, 2.75) is 26.4 Å². The lowest BCUT2D eigenvalue weighted by Crippen LogP contribution is -2.15. The number of pyridine rings is 1. The van der Waals surface area contributed by atoms with Crippen LogP contribution < -0.4 is 5.32 Å². The molecule has 0 radical (unpaired) electrons. The van der Waals surface area contributed by atoms with Gasteiger partial charge in [-0.05, 0) is 35.7 Å². The van der Waals surface area contributed by atoms with Crippen molar-refractivity contribution < 1.29 is 0 Å². The van der Waals surface area contributed by atoms with Crippen LogP contribution in [0.4, 0.5) is 0 Å². The van der Waals surface area contributed by atoms with E-state index in [2.05, 4.69) is 29.4 Å². The summed E-state index contributed by atoms with van der Waals surface area (Å²) < 4.78 is 0. The van der Waals surface area contributed by atoms with Gasteiger partial charge in [0.15, 0.2) is 0 Å². The molecule has 1 N–H and O–H groups in total. The molecule has 2 aromatic rings. The van der Waals surface area contributed by atoms with E-state index < -0.39 is 0 Å². The summed E-state index contributed by atoms with van der Waals surface area (Å²) in [5, 5.41) is 4.18. The molecule has 18 heavy (non-hydrogen) atoms. The van der Waals surface area contributed by atoms with Crippen LogP contribution in [0.1, 0.15) is 23.7 Å². The summed E-state index contributed by atoms with van der Waals surface area (Å²) in [5.41, 5.74) is 3.62. The van der Waals surface area contributed by atoms with Crippen LogP contribution in [0.15, 0.2) is 42.6 Å². The molecule has 0 fully saturated rings. The third-order valence-corrected chi connectivity index (χ3v) is 3.11. The third-order valence-electron chi connectivity index (χ3n) is 2.88. The van der Waals surface area contributed by atoms with Crippen molar-refractivity contribution in [1.29, 1.82) is 0 Å². The SMILES string of the molecule is CCc1cccnc1CNCc1cccc(Cl)c1. The fraction of sp³-hybridized carbons (Fsp3) is 0.267. The van der Waals surface area contributed by atoms with Gasteiger partial charge in [0, 0.05) is 24.3 Å². The molecule has 0 aliphatic carbocycles. The quantitative estimate of drug-likeness (QED) is 0.889. The van der Waals surface area contributed by atoms with Crippen LogP contribution >= 0.6 is 11.6 Å². The molecule has 2 nitrogen and oxygen atoms in total. The lowest BCUT2D eigenvalue weighted by atomic mass is 10.1. The van der Waals surface area contributed by atoms with Crippen LogP contribution in [0.5, 0.6) is 0 Å². The Morgan fingerprint density at radius 1 is 1.17 bits per heavy atom. The van der Waals surface area contributed by atoms with Gasteiger partial charge in [0.2, 0.25) is 0 Å². The van der Waals surface area contributed by atoms with Crippen molar-refractivity contribution in [3.8, 4) is 0 Å². The average molecular weight is 261 g/mol. The van der Waals surface area contributed by atoms with E-state index >= 15 is 0 Å². The highest BCUT2D eigenvalue weighted by Gasteiger charge is 2.01. The van der Waals surface area contributed by atoms with E-state index in [0.29, 0.717) is 0 Å². The molecule has 0 amide bonds. The van der Waals surface area contributed by atoms with Gasteiger partial charge in [-0.25, -0.2) is 0 Å². The first kappa shape index (κ1) is 13.1. The molecule has 94 valence electrons. The predicted molar refractivity (Wildman–Crippen MR) is 75.6 cm³/mol. The van der Waals surface area contributed by atoms with Gasteiger partial charge in [-0.3, -0.25) is 4.98 Å². The van der Waals surface area contributed by atoms with Crippen LogP contribution in [0.3, 0.4) is 0 Å². The number of nitrogens with one attached hydrogen (secondary N) is 1. The van der Waals surface area contributed by atoms with Gasteiger partial charge in [-0.1, -0.05) is 36.7 Å². The number of aryl methyl sites for hydroxylation is 1. The topological polar surface area (TPSA) is 24.9 Å². The number of rotatable bonds is 5. The summed E-state index contributed by atoms with van der Waals surface area (Å²) in [6, 6.07) is 12.0. The number of hydrogen-bond donors (Lipinski definition) is 1. The third kappa shape index (κ3) is 3.56. The maximum Gasteiger partial charge on any atom is 0.0573 e. The molecule has 0 atom stereocenters. The van der Waals surface area contributed by atoms with Crippen LogP contribution in [-0.2, 0) is 19.5 Å². The second-order valence-electron chi connectivity index (χ2n) is 4.20. The Morgan fingerprint density at radius 2 is 2.06 bits per heavy atom. The summed E-state index contributed by atoms with van der Waals surface area (Å²) in [5.74, 6) is 0. The minimum absolute atomic E-state index is 0.779. The Hall–Kier alpha value is -1.38. The molecule has 1 heterocycles. The molecule has 0 spiro atoms. The first-order valence-corrected chi connectivity index (χ1v) is 6.55. The Balaban J connectivity index is 1.92. The zero-order valence-electron chi connectivity index (χ0n) is 10.5. The maximum absolute atomic E-state index is 5.95. The van der Waals surface area contributed by atoms with Crippen LogP contribution in [0.2, 0.25) is 5.02 Å². The zero-order valence-corrected chi connectivity index (χ0v) is 11.2. The van der Waals surface area contributed by atoms with Crippen molar-refractivity contribution in [1.82, 2.24) is 10.3 Å². The van der Waals surface area contributed by atoms with Crippen LogP contribution in [0, 0.1) is 0 Å². The molecule has 1 aromatic carbocycles. The number of nitrogens with zero attached hydrogens (tertiary/aromatic N) is 1. The fourth-order valence-corrected chi connectivity index (χ4v) is 2.14. The van der Waals surface area contributed by atoms with Crippen molar-refractivity contribution in [2.24, 2.45) is 0 Å². The second-order valence-corrected chi connectivity index (χ2v) is 4.63. The molecule has 0 aliphatic heterocycles. The summed E-state index contributed by atoms with van der Waals surface area (Å²) in [6.07, 6.45) is 2.86. The van der Waals surface area contributed by atoms with Gasteiger partial charge in [0.1, 0.15) is 0 Å². The van der Waals surface area contributed by atoms with Gasteiger partial charge in [-0.15, -0.1) is 0 Å². The van der Waals surface area contributed by atoms with E-state index in [1.165, 1.54) is 11.1 Å². The van der Waals surface area contributed by atoms with E-state index in [1.807, 2.05) is 30.5 Å².